The van der Waals surface area contributed by atoms with E-state index >= 15 is 0 Å². The molecule has 0 saturated carbocycles. The van der Waals surface area contributed by atoms with E-state index in [1.165, 1.54) is 6.92 Å². The number of halogens is 3. The Morgan fingerprint density at radius 1 is 1.21 bits per heavy atom. The largest absolute Gasteiger partial charge is 0.391 e. The summed E-state index contributed by atoms with van der Waals surface area (Å²) in [5, 5.41) is 2.39. The number of alkyl halides is 3. The van der Waals surface area contributed by atoms with Crippen LogP contribution in [0, 0.1) is 0 Å². The third-order valence-corrected chi connectivity index (χ3v) is 2.81. The van der Waals surface area contributed by atoms with E-state index < -0.39 is 24.5 Å². The second-order valence-corrected chi connectivity index (χ2v) is 4.86. The van der Waals surface area contributed by atoms with Crippen LogP contribution >= 0.6 is 0 Å². The molecule has 19 heavy (non-hydrogen) atoms. The van der Waals surface area contributed by atoms with Crippen LogP contribution in [0.2, 0.25) is 0 Å². The number of rotatable bonds is 4. The van der Waals surface area contributed by atoms with Gasteiger partial charge in [0.05, 0.1) is 12.5 Å². The fraction of sp³-hybridized carbons (Fsp3) is 0.500. The van der Waals surface area contributed by atoms with E-state index in [0.29, 0.717) is 5.56 Å². The van der Waals surface area contributed by atoms with Crippen molar-refractivity contribution >= 4 is 5.91 Å². The molecule has 1 aromatic rings. The van der Waals surface area contributed by atoms with Crippen LogP contribution in [0.5, 0.6) is 0 Å². The minimum atomic E-state index is -4.32. The maximum Gasteiger partial charge on any atom is 0.391 e. The van der Waals surface area contributed by atoms with E-state index in [-0.39, 0.29) is 5.92 Å². The number of nitrogens with one attached hydrogen (secondary N) is 1. The van der Waals surface area contributed by atoms with E-state index in [9.17, 15) is 18.0 Å². The summed E-state index contributed by atoms with van der Waals surface area (Å²) in [6.07, 6.45) is -5.38. The van der Waals surface area contributed by atoms with Gasteiger partial charge in [0.1, 0.15) is 0 Å². The molecule has 0 saturated heterocycles. The fourth-order valence-electron chi connectivity index (χ4n) is 2.07. The fourth-order valence-corrected chi connectivity index (χ4v) is 2.07. The Balaban J connectivity index is 3.13. The van der Waals surface area contributed by atoms with Crippen molar-refractivity contribution in [3.63, 3.8) is 0 Å². The number of benzene rings is 1. The molecule has 0 aliphatic rings. The van der Waals surface area contributed by atoms with E-state index in [1.54, 1.807) is 24.3 Å². The van der Waals surface area contributed by atoms with Crippen molar-refractivity contribution in [3.8, 4) is 0 Å². The summed E-state index contributed by atoms with van der Waals surface area (Å²) >= 11 is 0. The zero-order chi connectivity index (χ0) is 14.6. The van der Waals surface area contributed by atoms with Crippen LogP contribution in [0.4, 0.5) is 13.2 Å². The Labute approximate surface area is 111 Å². The maximum atomic E-state index is 12.6. The van der Waals surface area contributed by atoms with Crippen molar-refractivity contribution in [1.29, 1.82) is 0 Å². The first-order valence-corrected chi connectivity index (χ1v) is 6.13. The van der Waals surface area contributed by atoms with Crippen LogP contribution in [0.15, 0.2) is 24.3 Å². The SMILES string of the molecule is CC(=O)NC(CC(F)(F)F)c1ccccc1C(C)C. The van der Waals surface area contributed by atoms with Crippen LogP contribution in [0.1, 0.15) is 50.3 Å². The molecule has 1 rings (SSSR count). The number of carbonyl (C=O) groups is 1. The van der Waals surface area contributed by atoms with Crippen molar-refractivity contribution in [2.75, 3.05) is 0 Å². The lowest BCUT2D eigenvalue weighted by Gasteiger charge is -2.23. The summed E-state index contributed by atoms with van der Waals surface area (Å²) in [5.41, 5.74) is 1.36. The Bertz CT molecular complexity index is 441. The molecule has 1 atom stereocenters. The summed E-state index contributed by atoms with van der Waals surface area (Å²) in [4.78, 5) is 11.1. The number of hydrogen-bond acceptors (Lipinski definition) is 1. The predicted octanol–water partition coefficient (Wildman–Crippen LogP) is 3.94. The molecule has 1 amide bonds. The molecular weight excluding hydrogens is 255 g/mol. The van der Waals surface area contributed by atoms with Crippen molar-refractivity contribution in [2.45, 2.75) is 45.3 Å². The van der Waals surface area contributed by atoms with Crippen LogP contribution in [-0.2, 0) is 4.79 Å². The smallest absolute Gasteiger partial charge is 0.349 e. The van der Waals surface area contributed by atoms with Gasteiger partial charge in [-0.3, -0.25) is 4.79 Å². The van der Waals surface area contributed by atoms with E-state index in [0.717, 1.165) is 5.56 Å². The number of carbonyl (C=O) groups excluding carboxylic acids is 1. The summed E-state index contributed by atoms with van der Waals surface area (Å²) in [5.74, 6) is -0.367. The van der Waals surface area contributed by atoms with Crippen molar-refractivity contribution < 1.29 is 18.0 Å². The topological polar surface area (TPSA) is 29.1 Å². The van der Waals surface area contributed by atoms with Gasteiger partial charge in [0.15, 0.2) is 0 Å². The first kappa shape index (κ1) is 15.5. The lowest BCUT2D eigenvalue weighted by atomic mass is 9.91. The highest BCUT2D eigenvalue weighted by Gasteiger charge is 2.34. The first-order chi connectivity index (χ1) is 8.70. The molecular formula is C14H18F3NO. The molecule has 0 spiro atoms. The third-order valence-electron chi connectivity index (χ3n) is 2.81. The molecule has 2 nitrogen and oxygen atoms in total. The molecule has 1 unspecified atom stereocenters. The Hall–Kier alpha value is -1.52. The van der Waals surface area contributed by atoms with E-state index in [4.69, 9.17) is 0 Å². The van der Waals surface area contributed by atoms with Gasteiger partial charge < -0.3 is 5.32 Å². The minimum Gasteiger partial charge on any atom is -0.349 e. The second-order valence-electron chi connectivity index (χ2n) is 4.86. The molecule has 0 heterocycles. The lowest BCUT2D eigenvalue weighted by molar-refractivity contribution is -0.142. The molecule has 5 heteroatoms. The molecule has 1 aromatic carbocycles. The quantitative estimate of drug-likeness (QED) is 0.884. The van der Waals surface area contributed by atoms with Gasteiger partial charge in [0, 0.05) is 6.92 Å². The summed E-state index contributed by atoms with van der Waals surface area (Å²) < 4.78 is 37.9. The van der Waals surface area contributed by atoms with Gasteiger partial charge in [-0.25, -0.2) is 0 Å². The average molecular weight is 273 g/mol. The van der Waals surface area contributed by atoms with Gasteiger partial charge in [0.25, 0.3) is 0 Å². The van der Waals surface area contributed by atoms with Gasteiger partial charge in [0.2, 0.25) is 5.91 Å². The van der Waals surface area contributed by atoms with E-state index in [1.807, 2.05) is 13.8 Å². The van der Waals surface area contributed by atoms with Gasteiger partial charge in [-0.05, 0) is 17.0 Å². The molecule has 0 bridgehead atoms. The molecule has 0 aromatic heterocycles. The third kappa shape index (κ3) is 4.93. The van der Waals surface area contributed by atoms with Crippen molar-refractivity contribution in [1.82, 2.24) is 5.32 Å². The monoisotopic (exact) mass is 273 g/mol. The van der Waals surface area contributed by atoms with Gasteiger partial charge in [-0.15, -0.1) is 0 Å². The van der Waals surface area contributed by atoms with Gasteiger partial charge in [-0.1, -0.05) is 38.1 Å². The Morgan fingerprint density at radius 2 is 1.74 bits per heavy atom. The Morgan fingerprint density at radius 3 is 2.16 bits per heavy atom. The highest BCUT2D eigenvalue weighted by molar-refractivity contribution is 5.73. The van der Waals surface area contributed by atoms with E-state index in [2.05, 4.69) is 5.32 Å². The molecule has 0 aliphatic carbocycles. The van der Waals surface area contributed by atoms with Crippen LogP contribution in [0.3, 0.4) is 0 Å². The molecule has 106 valence electrons. The molecule has 1 N–H and O–H groups in total. The highest BCUT2D eigenvalue weighted by Crippen LogP contribution is 2.33. The zero-order valence-corrected chi connectivity index (χ0v) is 11.2. The maximum absolute atomic E-state index is 12.6. The van der Waals surface area contributed by atoms with Crippen molar-refractivity contribution in [2.24, 2.45) is 0 Å². The summed E-state index contributed by atoms with van der Waals surface area (Å²) in [6.45, 7) is 5.05. The summed E-state index contributed by atoms with van der Waals surface area (Å²) in [7, 11) is 0. The van der Waals surface area contributed by atoms with Gasteiger partial charge in [-0.2, -0.15) is 13.2 Å². The molecule has 0 fully saturated rings. The summed E-state index contributed by atoms with van der Waals surface area (Å²) in [6, 6.07) is 5.88. The standard InChI is InChI=1S/C14H18F3NO/c1-9(2)11-6-4-5-7-12(11)13(18-10(3)19)8-14(15,16)17/h4-7,9,13H,8H2,1-3H3,(H,18,19). The van der Waals surface area contributed by atoms with Crippen LogP contribution in [0.25, 0.3) is 0 Å². The molecule has 0 radical (unpaired) electrons. The Kier molecular flexibility index (Phi) is 4.97. The number of hydrogen-bond donors (Lipinski definition) is 1. The minimum absolute atomic E-state index is 0.0979. The lowest BCUT2D eigenvalue weighted by Crippen LogP contribution is -2.31. The number of amides is 1. The van der Waals surface area contributed by atoms with Crippen molar-refractivity contribution in [3.05, 3.63) is 35.4 Å². The van der Waals surface area contributed by atoms with Crippen LogP contribution < -0.4 is 5.32 Å². The van der Waals surface area contributed by atoms with Crippen LogP contribution in [-0.4, -0.2) is 12.1 Å². The predicted molar refractivity (Wildman–Crippen MR) is 67.8 cm³/mol. The van der Waals surface area contributed by atoms with Gasteiger partial charge >= 0.3 is 6.18 Å². The first-order valence-electron chi connectivity index (χ1n) is 6.13. The second kappa shape index (κ2) is 6.08. The molecule has 0 aliphatic heterocycles. The normalized spacial score (nSPS) is 13.4. The highest BCUT2D eigenvalue weighted by atomic mass is 19.4. The zero-order valence-electron chi connectivity index (χ0n) is 11.2. The average Bonchev–Trinajstić information content (AvgIpc) is 2.25.